The number of rotatable bonds is 1. The third-order valence-corrected chi connectivity index (χ3v) is 1.99. The first-order valence-corrected chi connectivity index (χ1v) is 4.02. The lowest BCUT2D eigenvalue weighted by Crippen LogP contribution is -2.05. The molecule has 0 unspecified atom stereocenters. The van der Waals surface area contributed by atoms with Crippen LogP contribution in [0.25, 0.3) is 11.0 Å². The molecule has 0 saturated carbocycles. The fraction of sp³-hybridized carbons (Fsp3) is 0.111. The molecule has 0 fully saturated rings. The van der Waals surface area contributed by atoms with Gasteiger partial charge in [0.2, 0.25) is 0 Å². The van der Waals surface area contributed by atoms with Crippen LogP contribution in [0.4, 0.5) is 13.2 Å². The minimum absolute atomic E-state index is 0.0620. The molecule has 0 aliphatic carbocycles. The monoisotopic (exact) mass is 214 g/mol. The summed E-state index contributed by atoms with van der Waals surface area (Å²) in [6, 6.07) is 2.02. The van der Waals surface area contributed by atoms with Crippen LogP contribution in [0, 0.1) is 0 Å². The third kappa shape index (κ3) is 1.58. The Morgan fingerprint density at radius 1 is 1.40 bits per heavy atom. The van der Waals surface area contributed by atoms with E-state index in [0.29, 0.717) is 6.29 Å². The molecule has 0 atom stereocenters. The number of carbonyl (C=O) groups is 1. The molecule has 2 heterocycles. The van der Waals surface area contributed by atoms with E-state index in [-0.39, 0.29) is 16.7 Å². The lowest BCUT2D eigenvalue weighted by atomic mass is 10.2. The number of fused-ring (bicyclic) bond motifs is 1. The highest BCUT2D eigenvalue weighted by atomic mass is 19.4. The first-order chi connectivity index (χ1) is 7.02. The normalized spacial score (nSPS) is 11.9. The summed E-state index contributed by atoms with van der Waals surface area (Å²) in [6.45, 7) is 0. The van der Waals surface area contributed by atoms with Crippen LogP contribution >= 0.6 is 0 Å². The molecular weight excluding hydrogens is 209 g/mol. The van der Waals surface area contributed by atoms with Crippen molar-refractivity contribution in [2.75, 3.05) is 0 Å². The first-order valence-electron chi connectivity index (χ1n) is 4.02. The Bertz CT molecular complexity index is 516. The molecule has 0 aromatic carbocycles. The van der Waals surface area contributed by atoms with Crippen molar-refractivity contribution in [3.8, 4) is 0 Å². The second kappa shape index (κ2) is 3.08. The van der Waals surface area contributed by atoms with Gasteiger partial charge in [0, 0.05) is 11.6 Å². The van der Waals surface area contributed by atoms with Crippen molar-refractivity contribution in [2.24, 2.45) is 0 Å². The molecule has 0 aliphatic heterocycles. The summed E-state index contributed by atoms with van der Waals surface area (Å²) in [4.78, 5) is 16.6. The number of aromatic nitrogens is 2. The number of nitrogens with zero attached hydrogens (tertiary/aromatic N) is 1. The molecule has 1 N–H and O–H groups in total. The number of aromatic amines is 1. The molecule has 2 rings (SSSR count). The van der Waals surface area contributed by atoms with Gasteiger partial charge in [-0.15, -0.1) is 0 Å². The van der Waals surface area contributed by atoms with Crippen LogP contribution in [-0.4, -0.2) is 16.3 Å². The highest BCUT2D eigenvalue weighted by molar-refractivity contribution is 5.88. The lowest BCUT2D eigenvalue weighted by molar-refractivity contribution is -0.136. The van der Waals surface area contributed by atoms with E-state index in [9.17, 15) is 18.0 Å². The standard InChI is InChI=1S/C9H5F3N2O/c10-9(11,12)7-1-2-13-8-6(7)3-5(4-15)14-8/h1-4H,(H,13,14). The molecule has 0 aliphatic rings. The minimum atomic E-state index is -4.44. The molecule has 0 bridgehead atoms. The van der Waals surface area contributed by atoms with Crippen molar-refractivity contribution in [1.29, 1.82) is 0 Å². The van der Waals surface area contributed by atoms with E-state index in [4.69, 9.17) is 0 Å². The maximum absolute atomic E-state index is 12.5. The smallest absolute Gasteiger partial charge is 0.337 e. The highest BCUT2D eigenvalue weighted by Crippen LogP contribution is 2.33. The second-order valence-corrected chi connectivity index (χ2v) is 2.96. The van der Waals surface area contributed by atoms with Gasteiger partial charge in [-0.05, 0) is 12.1 Å². The predicted octanol–water partition coefficient (Wildman–Crippen LogP) is 2.39. The number of hydrogen-bond donors (Lipinski definition) is 1. The van der Waals surface area contributed by atoms with E-state index in [1.165, 1.54) is 0 Å². The molecule has 0 saturated heterocycles. The van der Waals surface area contributed by atoms with E-state index >= 15 is 0 Å². The van der Waals surface area contributed by atoms with Gasteiger partial charge in [0.25, 0.3) is 0 Å². The number of pyridine rings is 1. The van der Waals surface area contributed by atoms with Crippen LogP contribution in [0.3, 0.4) is 0 Å². The zero-order valence-electron chi connectivity index (χ0n) is 7.30. The van der Waals surface area contributed by atoms with E-state index in [2.05, 4.69) is 9.97 Å². The highest BCUT2D eigenvalue weighted by Gasteiger charge is 2.33. The van der Waals surface area contributed by atoms with Gasteiger partial charge < -0.3 is 4.98 Å². The van der Waals surface area contributed by atoms with E-state index in [1.54, 1.807) is 0 Å². The molecule has 78 valence electrons. The van der Waals surface area contributed by atoms with Crippen LogP contribution in [0.5, 0.6) is 0 Å². The lowest BCUT2D eigenvalue weighted by Gasteiger charge is -2.06. The molecule has 3 nitrogen and oxygen atoms in total. The van der Waals surface area contributed by atoms with Crippen LogP contribution in [-0.2, 0) is 6.18 Å². The van der Waals surface area contributed by atoms with E-state index < -0.39 is 11.7 Å². The van der Waals surface area contributed by atoms with Crippen molar-refractivity contribution >= 4 is 17.3 Å². The molecule has 15 heavy (non-hydrogen) atoms. The van der Waals surface area contributed by atoms with Crippen molar-refractivity contribution in [3.63, 3.8) is 0 Å². The number of aldehydes is 1. The third-order valence-electron chi connectivity index (χ3n) is 1.99. The van der Waals surface area contributed by atoms with Crippen molar-refractivity contribution in [1.82, 2.24) is 9.97 Å². The number of alkyl halides is 3. The zero-order chi connectivity index (χ0) is 11.1. The Morgan fingerprint density at radius 2 is 2.13 bits per heavy atom. The first kappa shape index (κ1) is 9.70. The van der Waals surface area contributed by atoms with Crippen molar-refractivity contribution < 1.29 is 18.0 Å². The number of halogens is 3. The summed E-state index contributed by atoms with van der Waals surface area (Å²) >= 11 is 0. The summed E-state index contributed by atoms with van der Waals surface area (Å²) in [5, 5.41) is -0.0906. The Balaban J connectivity index is 2.75. The molecular formula is C9H5F3N2O. The second-order valence-electron chi connectivity index (χ2n) is 2.96. The quantitative estimate of drug-likeness (QED) is 0.741. The van der Waals surface area contributed by atoms with Gasteiger partial charge in [0.1, 0.15) is 5.65 Å². The summed E-state index contributed by atoms with van der Waals surface area (Å²) in [5.74, 6) is 0. The largest absolute Gasteiger partial charge is 0.417 e. The van der Waals surface area contributed by atoms with Gasteiger partial charge in [0.15, 0.2) is 6.29 Å². The minimum Gasteiger partial charge on any atom is -0.337 e. The fourth-order valence-electron chi connectivity index (χ4n) is 1.36. The average Bonchev–Trinajstić information content (AvgIpc) is 2.57. The van der Waals surface area contributed by atoms with Crippen molar-refractivity contribution in [3.05, 3.63) is 29.6 Å². The summed E-state index contributed by atoms with van der Waals surface area (Å²) in [7, 11) is 0. The van der Waals surface area contributed by atoms with E-state index in [1.807, 2.05) is 0 Å². The van der Waals surface area contributed by atoms with Crippen LogP contribution < -0.4 is 0 Å². The number of nitrogens with one attached hydrogen (secondary N) is 1. The Morgan fingerprint density at radius 3 is 2.73 bits per heavy atom. The van der Waals surface area contributed by atoms with Gasteiger partial charge in [-0.3, -0.25) is 4.79 Å². The predicted molar refractivity (Wildman–Crippen MR) is 46.5 cm³/mol. The summed E-state index contributed by atoms with van der Waals surface area (Å²) in [5.41, 5.74) is -0.655. The van der Waals surface area contributed by atoms with Gasteiger partial charge in [-0.25, -0.2) is 4.98 Å². The van der Waals surface area contributed by atoms with Crippen LogP contribution in [0.1, 0.15) is 16.1 Å². The Hall–Kier alpha value is -1.85. The Kier molecular flexibility index (Phi) is 1.99. The van der Waals surface area contributed by atoms with E-state index in [0.717, 1.165) is 18.3 Å². The fourth-order valence-corrected chi connectivity index (χ4v) is 1.36. The van der Waals surface area contributed by atoms with Gasteiger partial charge >= 0.3 is 6.18 Å². The molecule has 0 radical (unpaired) electrons. The van der Waals surface area contributed by atoms with Gasteiger partial charge in [-0.2, -0.15) is 13.2 Å². The average molecular weight is 214 g/mol. The SMILES string of the molecule is O=Cc1cc2c(C(F)(F)F)ccnc2[nH]1. The molecule has 0 spiro atoms. The Labute approximate surface area is 81.9 Å². The maximum atomic E-state index is 12.5. The summed E-state index contributed by atoms with van der Waals surface area (Å²) < 4.78 is 37.5. The molecule has 2 aromatic rings. The van der Waals surface area contributed by atoms with Crippen LogP contribution in [0.15, 0.2) is 18.3 Å². The topological polar surface area (TPSA) is 45.8 Å². The molecule has 6 heteroatoms. The molecule has 0 amide bonds. The number of carbonyl (C=O) groups excluding carboxylic acids is 1. The number of hydrogen-bond acceptors (Lipinski definition) is 2. The van der Waals surface area contributed by atoms with Crippen molar-refractivity contribution in [2.45, 2.75) is 6.18 Å². The van der Waals surface area contributed by atoms with Crippen LogP contribution in [0.2, 0.25) is 0 Å². The van der Waals surface area contributed by atoms with Gasteiger partial charge in [0.05, 0.1) is 11.3 Å². The van der Waals surface area contributed by atoms with Gasteiger partial charge in [-0.1, -0.05) is 0 Å². The zero-order valence-corrected chi connectivity index (χ0v) is 7.30. The molecule has 2 aromatic heterocycles. The number of H-pyrrole nitrogens is 1. The maximum Gasteiger partial charge on any atom is 0.417 e. The summed E-state index contributed by atoms with van der Waals surface area (Å²) in [6.07, 6.45) is -2.94.